The first kappa shape index (κ1) is 13.9. The highest BCUT2D eigenvalue weighted by molar-refractivity contribution is 5.94. The molecule has 0 spiro atoms. The average Bonchev–Trinajstić information content (AvgIpc) is 2.35. The molecule has 1 rings (SSSR count). The van der Waals surface area contributed by atoms with Gasteiger partial charge in [0, 0.05) is 30.8 Å². The molecule has 1 aromatic carbocycles. The molecule has 0 N–H and O–H groups in total. The van der Waals surface area contributed by atoms with Crippen molar-refractivity contribution in [1.82, 2.24) is 4.90 Å². The number of nitro benzene ring substituents is 1. The lowest BCUT2D eigenvalue weighted by Crippen LogP contribution is -2.32. The SMILES string of the molecule is C=C(C)CN(CC)C(=O)c1ccc([N+](=O)[O-])cc1. The van der Waals surface area contributed by atoms with Crippen molar-refractivity contribution in [3.05, 3.63) is 52.1 Å². The second-order valence-corrected chi connectivity index (χ2v) is 4.08. The van der Waals surface area contributed by atoms with Crippen molar-refractivity contribution in [2.75, 3.05) is 13.1 Å². The van der Waals surface area contributed by atoms with Crippen LogP contribution in [-0.4, -0.2) is 28.8 Å². The van der Waals surface area contributed by atoms with E-state index in [2.05, 4.69) is 6.58 Å². The Labute approximate surface area is 106 Å². The minimum Gasteiger partial charge on any atom is -0.335 e. The van der Waals surface area contributed by atoms with Gasteiger partial charge in [0.2, 0.25) is 0 Å². The molecular formula is C13H16N2O3. The molecule has 1 aromatic rings. The summed E-state index contributed by atoms with van der Waals surface area (Å²) in [4.78, 5) is 23.8. The van der Waals surface area contributed by atoms with Gasteiger partial charge < -0.3 is 4.90 Å². The van der Waals surface area contributed by atoms with E-state index in [1.165, 1.54) is 24.3 Å². The number of hydrogen-bond acceptors (Lipinski definition) is 3. The van der Waals surface area contributed by atoms with E-state index >= 15 is 0 Å². The Morgan fingerprint density at radius 2 is 1.94 bits per heavy atom. The summed E-state index contributed by atoms with van der Waals surface area (Å²) in [7, 11) is 0. The second-order valence-electron chi connectivity index (χ2n) is 4.08. The van der Waals surface area contributed by atoms with Crippen molar-refractivity contribution in [1.29, 1.82) is 0 Å². The highest BCUT2D eigenvalue weighted by Crippen LogP contribution is 2.14. The van der Waals surface area contributed by atoms with Gasteiger partial charge in [-0.3, -0.25) is 14.9 Å². The Morgan fingerprint density at radius 3 is 2.33 bits per heavy atom. The van der Waals surface area contributed by atoms with Crippen LogP contribution in [0.2, 0.25) is 0 Å². The van der Waals surface area contributed by atoms with E-state index in [1.807, 2.05) is 13.8 Å². The molecule has 0 aliphatic heterocycles. The minimum absolute atomic E-state index is 0.0190. The number of non-ortho nitro benzene ring substituents is 1. The van der Waals surface area contributed by atoms with E-state index in [0.717, 1.165) is 5.57 Å². The van der Waals surface area contributed by atoms with E-state index in [4.69, 9.17) is 0 Å². The topological polar surface area (TPSA) is 63.5 Å². The summed E-state index contributed by atoms with van der Waals surface area (Å²) in [6.45, 7) is 8.57. The van der Waals surface area contributed by atoms with Gasteiger partial charge in [-0.15, -0.1) is 0 Å². The zero-order chi connectivity index (χ0) is 13.7. The molecule has 0 aliphatic carbocycles. The molecule has 0 atom stereocenters. The van der Waals surface area contributed by atoms with Gasteiger partial charge in [0.05, 0.1) is 4.92 Å². The van der Waals surface area contributed by atoms with Crippen molar-refractivity contribution in [3.63, 3.8) is 0 Å². The number of hydrogen-bond donors (Lipinski definition) is 0. The highest BCUT2D eigenvalue weighted by atomic mass is 16.6. The smallest absolute Gasteiger partial charge is 0.269 e. The maximum Gasteiger partial charge on any atom is 0.269 e. The molecule has 1 amide bonds. The van der Waals surface area contributed by atoms with Crippen LogP contribution in [0.5, 0.6) is 0 Å². The number of amides is 1. The third kappa shape index (κ3) is 3.41. The van der Waals surface area contributed by atoms with Gasteiger partial charge in [0.1, 0.15) is 0 Å². The molecule has 0 aromatic heterocycles. The van der Waals surface area contributed by atoms with E-state index < -0.39 is 4.92 Å². The van der Waals surface area contributed by atoms with Crippen LogP contribution in [0.15, 0.2) is 36.4 Å². The number of rotatable bonds is 5. The Morgan fingerprint density at radius 1 is 1.39 bits per heavy atom. The van der Waals surface area contributed by atoms with Gasteiger partial charge in [-0.05, 0) is 26.0 Å². The molecule has 5 heteroatoms. The lowest BCUT2D eigenvalue weighted by molar-refractivity contribution is -0.384. The standard InChI is InChI=1S/C13H16N2O3/c1-4-14(9-10(2)3)13(16)11-5-7-12(8-6-11)15(17)18/h5-8H,2,4,9H2,1,3H3. The summed E-state index contributed by atoms with van der Waals surface area (Å²) in [6, 6.07) is 5.62. The number of likely N-dealkylation sites (N-methyl/N-ethyl adjacent to an activating group) is 1. The quantitative estimate of drug-likeness (QED) is 0.457. The summed E-state index contributed by atoms with van der Waals surface area (Å²) in [5, 5.41) is 10.5. The van der Waals surface area contributed by atoms with Crippen molar-refractivity contribution >= 4 is 11.6 Å². The highest BCUT2D eigenvalue weighted by Gasteiger charge is 2.15. The number of nitro groups is 1. The van der Waals surface area contributed by atoms with Crippen LogP contribution in [-0.2, 0) is 0 Å². The molecular weight excluding hydrogens is 232 g/mol. The largest absolute Gasteiger partial charge is 0.335 e. The maximum atomic E-state index is 12.1. The van der Waals surface area contributed by atoms with Gasteiger partial charge in [0.25, 0.3) is 11.6 Å². The summed E-state index contributed by atoms with van der Waals surface area (Å²) in [5.74, 6) is -0.143. The van der Waals surface area contributed by atoms with E-state index in [1.54, 1.807) is 4.90 Å². The normalized spacial score (nSPS) is 9.89. The molecule has 0 heterocycles. The predicted molar refractivity (Wildman–Crippen MR) is 69.5 cm³/mol. The molecule has 18 heavy (non-hydrogen) atoms. The Balaban J connectivity index is 2.88. The van der Waals surface area contributed by atoms with E-state index in [9.17, 15) is 14.9 Å². The minimum atomic E-state index is -0.486. The molecule has 0 bridgehead atoms. The first-order valence-corrected chi connectivity index (χ1v) is 5.63. The van der Waals surface area contributed by atoms with Crippen LogP contribution >= 0.6 is 0 Å². The van der Waals surface area contributed by atoms with E-state index in [0.29, 0.717) is 18.7 Å². The number of carbonyl (C=O) groups excluding carboxylic acids is 1. The number of nitrogens with zero attached hydrogens (tertiary/aromatic N) is 2. The molecule has 0 saturated heterocycles. The van der Waals surface area contributed by atoms with E-state index in [-0.39, 0.29) is 11.6 Å². The van der Waals surface area contributed by atoms with Crippen LogP contribution in [0.25, 0.3) is 0 Å². The molecule has 5 nitrogen and oxygen atoms in total. The lowest BCUT2D eigenvalue weighted by atomic mass is 10.1. The number of benzene rings is 1. The van der Waals surface area contributed by atoms with Crippen molar-refractivity contribution in [3.8, 4) is 0 Å². The average molecular weight is 248 g/mol. The third-order valence-corrected chi connectivity index (χ3v) is 2.45. The van der Waals surface area contributed by atoms with Crippen LogP contribution in [0, 0.1) is 10.1 Å². The molecule has 0 saturated carbocycles. The Hall–Kier alpha value is -2.17. The monoisotopic (exact) mass is 248 g/mol. The summed E-state index contributed by atoms with van der Waals surface area (Å²) in [5.41, 5.74) is 1.32. The van der Waals surface area contributed by atoms with Crippen molar-refractivity contribution < 1.29 is 9.72 Å². The zero-order valence-electron chi connectivity index (χ0n) is 10.5. The molecule has 0 radical (unpaired) electrons. The molecule has 0 unspecified atom stereocenters. The summed E-state index contributed by atoms with van der Waals surface area (Å²) >= 11 is 0. The van der Waals surface area contributed by atoms with Gasteiger partial charge in [-0.2, -0.15) is 0 Å². The van der Waals surface area contributed by atoms with Crippen molar-refractivity contribution in [2.45, 2.75) is 13.8 Å². The van der Waals surface area contributed by atoms with Crippen LogP contribution in [0.1, 0.15) is 24.2 Å². The predicted octanol–water partition coefficient (Wildman–Crippen LogP) is 2.63. The number of carbonyl (C=O) groups is 1. The lowest BCUT2D eigenvalue weighted by Gasteiger charge is -2.20. The van der Waals surface area contributed by atoms with Gasteiger partial charge in [-0.1, -0.05) is 12.2 Å². The summed E-state index contributed by atoms with van der Waals surface area (Å²) < 4.78 is 0. The fourth-order valence-corrected chi connectivity index (χ4v) is 1.56. The fourth-order valence-electron chi connectivity index (χ4n) is 1.56. The Kier molecular flexibility index (Phi) is 4.59. The van der Waals surface area contributed by atoms with Crippen LogP contribution in [0.4, 0.5) is 5.69 Å². The van der Waals surface area contributed by atoms with Gasteiger partial charge >= 0.3 is 0 Å². The first-order valence-electron chi connectivity index (χ1n) is 5.63. The van der Waals surface area contributed by atoms with Gasteiger partial charge in [0.15, 0.2) is 0 Å². The zero-order valence-corrected chi connectivity index (χ0v) is 10.5. The second kappa shape index (κ2) is 5.95. The third-order valence-electron chi connectivity index (χ3n) is 2.45. The Bertz CT molecular complexity index is 466. The fraction of sp³-hybridized carbons (Fsp3) is 0.308. The molecule has 0 aliphatic rings. The van der Waals surface area contributed by atoms with Gasteiger partial charge in [-0.25, -0.2) is 0 Å². The maximum absolute atomic E-state index is 12.1. The summed E-state index contributed by atoms with van der Waals surface area (Å²) in [6.07, 6.45) is 0. The first-order chi connectivity index (χ1) is 8.45. The molecule has 96 valence electrons. The van der Waals surface area contributed by atoms with Crippen LogP contribution in [0.3, 0.4) is 0 Å². The van der Waals surface area contributed by atoms with Crippen LogP contribution < -0.4 is 0 Å². The molecule has 0 fully saturated rings. The van der Waals surface area contributed by atoms with Crippen molar-refractivity contribution in [2.24, 2.45) is 0 Å².